The van der Waals surface area contributed by atoms with Gasteiger partial charge >= 0.3 is 0 Å². The number of aliphatic hydroxyl groups is 2. The molecule has 0 amide bonds. The van der Waals surface area contributed by atoms with Crippen molar-refractivity contribution in [3.05, 3.63) is 35.9 Å². The minimum atomic E-state index is -0.903. The third kappa shape index (κ3) is 5.55. The molecule has 0 radical (unpaired) electrons. The van der Waals surface area contributed by atoms with E-state index in [0.29, 0.717) is 6.42 Å². The van der Waals surface area contributed by atoms with E-state index < -0.39 is 42.1 Å². The summed E-state index contributed by atoms with van der Waals surface area (Å²) in [6.07, 6.45) is -3.05. The zero-order chi connectivity index (χ0) is 21.2. The quantitative estimate of drug-likeness (QED) is 0.647. The molecule has 2 N–H and O–H groups in total. The Morgan fingerprint density at radius 1 is 1.17 bits per heavy atom. The maximum atomic E-state index is 10.9. The Hall–Kier alpha value is -1.06. The topological polar surface area (TPSA) is 86.6 Å². The number of fused-ring (bicyclic) bond motifs is 1. The molecular weight excluding hydrogens is 376 g/mol. The van der Waals surface area contributed by atoms with E-state index in [-0.39, 0.29) is 19.3 Å². The van der Waals surface area contributed by atoms with Crippen molar-refractivity contribution in [2.45, 2.75) is 89.2 Å². The Labute approximate surface area is 172 Å². The highest BCUT2D eigenvalue weighted by molar-refractivity contribution is 5.17. The maximum absolute atomic E-state index is 10.9. The van der Waals surface area contributed by atoms with Crippen LogP contribution in [0, 0.1) is 0 Å². The Kier molecular flexibility index (Phi) is 7.00. The molecule has 2 aliphatic rings. The van der Waals surface area contributed by atoms with Gasteiger partial charge in [0.05, 0.1) is 18.3 Å². The zero-order valence-electron chi connectivity index (χ0n) is 17.9. The van der Waals surface area contributed by atoms with Crippen LogP contribution < -0.4 is 0 Å². The van der Waals surface area contributed by atoms with Gasteiger partial charge in [0.2, 0.25) is 0 Å². The van der Waals surface area contributed by atoms with Crippen LogP contribution in [0.1, 0.15) is 52.7 Å². The number of rotatable bonds is 9. The van der Waals surface area contributed by atoms with Crippen molar-refractivity contribution >= 4 is 0 Å². The lowest BCUT2D eigenvalue weighted by Gasteiger charge is -2.33. The summed E-state index contributed by atoms with van der Waals surface area (Å²) in [7, 11) is 0. The standard InChI is InChI=1S/C22H34O7/c1-14(15-9-7-6-8-10-15)26-16(13-25-21(2,3)11-12-23)18-17(24)19-20(27-18)29-22(4,5)28-19/h6-10,14,16-20,23-24H,11-13H2,1-5H3/t14?,16-,17?,18+,19?,20+/m0/s1. The van der Waals surface area contributed by atoms with Gasteiger partial charge in [0.25, 0.3) is 0 Å². The van der Waals surface area contributed by atoms with Gasteiger partial charge in [0.1, 0.15) is 24.4 Å². The van der Waals surface area contributed by atoms with Gasteiger partial charge in [-0.1, -0.05) is 30.3 Å². The first-order chi connectivity index (χ1) is 13.6. The first kappa shape index (κ1) is 22.6. The summed E-state index contributed by atoms with van der Waals surface area (Å²) in [5, 5.41) is 20.1. The molecule has 1 aromatic rings. The monoisotopic (exact) mass is 410 g/mol. The highest BCUT2D eigenvalue weighted by atomic mass is 16.8. The first-order valence-corrected chi connectivity index (χ1v) is 10.3. The Bertz CT molecular complexity index is 648. The Morgan fingerprint density at radius 3 is 2.48 bits per heavy atom. The second-order valence-electron chi connectivity index (χ2n) is 8.83. The molecule has 6 atom stereocenters. The van der Waals surface area contributed by atoms with E-state index in [9.17, 15) is 10.2 Å². The largest absolute Gasteiger partial charge is 0.396 e. The summed E-state index contributed by atoms with van der Waals surface area (Å²) < 4.78 is 29.9. The summed E-state index contributed by atoms with van der Waals surface area (Å²) in [4.78, 5) is 0. The lowest BCUT2D eigenvalue weighted by Crippen LogP contribution is -2.45. The number of benzene rings is 1. The molecule has 0 saturated carbocycles. The fourth-order valence-electron chi connectivity index (χ4n) is 3.75. The smallest absolute Gasteiger partial charge is 0.190 e. The average molecular weight is 411 g/mol. The third-order valence-electron chi connectivity index (χ3n) is 5.42. The van der Waals surface area contributed by atoms with Crippen molar-refractivity contribution in [1.82, 2.24) is 0 Å². The van der Waals surface area contributed by atoms with Gasteiger partial charge < -0.3 is 33.9 Å². The van der Waals surface area contributed by atoms with Crippen LogP contribution in [0.4, 0.5) is 0 Å². The fraction of sp³-hybridized carbons (Fsp3) is 0.727. The number of hydrogen-bond donors (Lipinski definition) is 2. The summed E-state index contributed by atoms with van der Waals surface area (Å²) >= 11 is 0. The van der Waals surface area contributed by atoms with Crippen LogP contribution in [0.25, 0.3) is 0 Å². The Morgan fingerprint density at radius 2 is 1.86 bits per heavy atom. The normalized spacial score (nSPS) is 30.9. The van der Waals surface area contributed by atoms with Crippen molar-refractivity contribution < 1.29 is 33.9 Å². The molecular formula is C22H34O7. The van der Waals surface area contributed by atoms with E-state index in [4.69, 9.17) is 23.7 Å². The molecule has 1 aromatic carbocycles. The van der Waals surface area contributed by atoms with Crippen molar-refractivity contribution in [2.24, 2.45) is 0 Å². The SMILES string of the molecule is CC(O[C@@H](COC(C)(C)CCO)[C@H]1O[C@@H]2OC(C)(C)OC2C1O)c1ccccc1. The second kappa shape index (κ2) is 8.98. The molecule has 2 fully saturated rings. The van der Waals surface area contributed by atoms with Crippen molar-refractivity contribution in [3.63, 3.8) is 0 Å². The van der Waals surface area contributed by atoms with E-state index in [1.54, 1.807) is 13.8 Å². The highest BCUT2D eigenvalue weighted by Crippen LogP contribution is 2.39. The molecule has 0 aromatic heterocycles. The number of aliphatic hydroxyl groups excluding tert-OH is 2. The molecule has 3 unspecified atom stereocenters. The lowest BCUT2D eigenvalue weighted by molar-refractivity contribution is -0.239. The van der Waals surface area contributed by atoms with Crippen LogP contribution in [-0.4, -0.2) is 65.5 Å². The van der Waals surface area contributed by atoms with E-state index in [1.807, 2.05) is 51.1 Å². The summed E-state index contributed by atoms with van der Waals surface area (Å²) in [6.45, 7) is 9.61. The van der Waals surface area contributed by atoms with Gasteiger partial charge in [-0.05, 0) is 46.6 Å². The number of ether oxygens (including phenoxy) is 5. The molecule has 7 nitrogen and oxygen atoms in total. The minimum absolute atomic E-state index is 0.0302. The Balaban J connectivity index is 1.72. The molecule has 2 saturated heterocycles. The second-order valence-corrected chi connectivity index (χ2v) is 8.83. The average Bonchev–Trinajstić information content (AvgIpc) is 3.12. The van der Waals surface area contributed by atoms with Gasteiger partial charge in [-0.15, -0.1) is 0 Å². The van der Waals surface area contributed by atoms with Gasteiger partial charge in [0.15, 0.2) is 12.1 Å². The molecule has 2 aliphatic heterocycles. The van der Waals surface area contributed by atoms with Crippen molar-refractivity contribution in [2.75, 3.05) is 13.2 Å². The third-order valence-corrected chi connectivity index (χ3v) is 5.42. The van der Waals surface area contributed by atoms with E-state index >= 15 is 0 Å². The fourth-order valence-corrected chi connectivity index (χ4v) is 3.75. The predicted octanol–water partition coefficient (Wildman–Crippen LogP) is 2.55. The van der Waals surface area contributed by atoms with E-state index in [0.717, 1.165) is 5.56 Å². The van der Waals surface area contributed by atoms with Crippen molar-refractivity contribution in [1.29, 1.82) is 0 Å². The van der Waals surface area contributed by atoms with Gasteiger partial charge in [-0.2, -0.15) is 0 Å². The van der Waals surface area contributed by atoms with Crippen LogP contribution in [0.3, 0.4) is 0 Å². The predicted molar refractivity (Wildman–Crippen MR) is 106 cm³/mol. The van der Waals surface area contributed by atoms with Gasteiger partial charge in [-0.25, -0.2) is 0 Å². The summed E-state index contributed by atoms with van der Waals surface area (Å²) in [5.41, 5.74) is 0.495. The van der Waals surface area contributed by atoms with Gasteiger partial charge in [-0.3, -0.25) is 0 Å². The van der Waals surface area contributed by atoms with Crippen LogP contribution in [0.15, 0.2) is 30.3 Å². The van der Waals surface area contributed by atoms with Gasteiger partial charge in [0, 0.05) is 6.61 Å². The van der Waals surface area contributed by atoms with Crippen LogP contribution in [0.2, 0.25) is 0 Å². The molecule has 0 bridgehead atoms. The highest BCUT2D eigenvalue weighted by Gasteiger charge is 2.56. The lowest BCUT2D eigenvalue weighted by atomic mass is 10.0. The minimum Gasteiger partial charge on any atom is -0.396 e. The molecule has 0 spiro atoms. The molecule has 2 heterocycles. The first-order valence-electron chi connectivity index (χ1n) is 10.3. The molecule has 3 rings (SSSR count). The maximum Gasteiger partial charge on any atom is 0.190 e. The molecule has 7 heteroatoms. The van der Waals surface area contributed by atoms with Crippen LogP contribution >= 0.6 is 0 Å². The zero-order valence-corrected chi connectivity index (χ0v) is 17.9. The summed E-state index contributed by atoms with van der Waals surface area (Å²) in [5.74, 6) is -0.797. The van der Waals surface area contributed by atoms with E-state index in [2.05, 4.69) is 0 Å². The van der Waals surface area contributed by atoms with Crippen molar-refractivity contribution in [3.8, 4) is 0 Å². The van der Waals surface area contributed by atoms with E-state index in [1.165, 1.54) is 0 Å². The van der Waals surface area contributed by atoms with Crippen LogP contribution in [0.5, 0.6) is 0 Å². The van der Waals surface area contributed by atoms with Crippen LogP contribution in [-0.2, 0) is 23.7 Å². The molecule has 164 valence electrons. The summed E-state index contributed by atoms with van der Waals surface area (Å²) in [6, 6.07) is 9.86. The number of hydrogen-bond acceptors (Lipinski definition) is 7. The molecule has 0 aliphatic carbocycles. The molecule has 29 heavy (non-hydrogen) atoms.